The maximum atomic E-state index is 12.2. The third-order valence-corrected chi connectivity index (χ3v) is 4.07. The third kappa shape index (κ3) is 3.60. The molecule has 0 aliphatic heterocycles. The zero-order chi connectivity index (χ0) is 15.6. The van der Waals surface area contributed by atoms with Crippen molar-refractivity contribution in [1.82, 2.24) is 4.98 Å². The molecule has 0 unspecified atom stereocenters. The van der Waals surface area contributed by atoms with Gasteiger partial charge >= 0.3 is 6.01 Å². The van der Waals surface area contributed by atoms with Gasteiger partial charge in [-0.15, -0.1) is 0 Å². The summed E-state index contributed by atoms with van der Waals surface area (Å²) in [4.78, 5) is 14.9. The van der Waals surface area contributed by atoms with E-state index in [0.717, 1.165) is 0 Å². The fourth-order valence-electron chi connectivity index (χ4n) is 1.61. The molecular weight excluding hydrogens is 294 g/mol. The monoisotopic (exact) mass is 309 g/mol. The largest absolute Gasteiger partial charge is 0.428 e. The maximum absolute atomic E-state index is 12.2. The molecule has 0 radical (unpaired) electrons. The molecule has 7 nitrogen and oxygen atoms in total. The number of benzene rings is 1. The van der Waals surface area contributed by atoms with Gasteiger partial charge in [0.1, 0.15) is 5.76 Å². The van der Waals surface area contributed by atoms with E-state index in [2.05, 4.69) is 15.0 Å². The quantitative estimate of drug-likeness (QED) is 0.900. The Bertz CT molecular complexity index is 744. The van der Waals surface area contributed by atoms with Gasteiger partial charge in [-0.1, -0.05) is 0 Å². The van der Waals surface area contributed by atoms with Crippen LogP contribution in [0.1, 0.15) is 18.4 Å². The minimum atomic E-state index is -3.78. The molecule has 21 heavy (non-hydrogen) atoms. The lowest BCUT2D eigenvalue weighted by molar-refractivity contribution is -0.114. The van der Waals surface area contributed by atoms with E-state index in [4.69, 9.17) is 4.42 Å². The van der Waals surface area contributed by atoms with Crippen LogP contribution in [-0.2, 0) is 14.8 Å². The zero-order valence-corrected chi connectivity index (χ0v) is 12.6. The summed E-state index contributed by atoms with van der Waals surface area (Å²) in [6.07, 6.45) is 0. The Morgan fingerprint density at radius 2 is 1.81 bits per heavy atom. The van der Waals surface area contributed by atoms with Gasteiger partial charge in [-0.3, -0.25) is 4.79 Å². The molecule has 0 spiro atoms. The van der Waals surface area contributed by atoms with Crippen LogP contribution in [0.25, 0.3) is 0 Å². The number of nitrogens with zero attached hydrogens (tertiary/aromatic N) is 1. The summed E-state index contributed by atoms with van der Waals surface area (Å²) in [6.45, 7) is 4.79. The van der Waals surface area contributed by atoms with Gasteiger partial charge in [-0.05, 0) is 38.1 Å². The molecule has 1 amide bonds. The van der Waals surface area contributed by atoms with E-state index in [1.54, 1.807) is 13.8 Å². The van der Waals surface area contributed by atoms with Gasteiger partial charge in [0, 0.05) is 12.6 Å². The molecule has 0 atom stereocenters. The third-order valence-electron chi connectivity index (χ3n) is 2.74. The molecule has 112 valence electrons. The summed E-state index contributed by atoms with van der Waals surface area (Å²) in [5.74, 6) is 0.322. The van der Waals surface area contributed by atoms with Gasteiger partial charge in [-0.2, -0.15) is 4.98 Å². The summed E-state index contributed by atoms with van der Waals surface area (Å²) in [5, 5.41) is 2.56. The number of sulfonamides is 1. The van der Waals surface area contributed by atoms with Crippen LogP contribution < -0.4 is 10.0 Å². The molecule has 2 aromatic rings. The zero-order valence-electron chi connectivity index (χ0n) is 11.8. The van der Waals surface area contributed by atoms with Gasteiger partial charge < -0.3 is 9.73 Å². The topological polar surface area (TPSA) is 101 Å². The van der Waals surface area contributed by atoms with Crippen LogP contribution in [0.15, 0.2) is 33.6 Å². The Morgan fingerprint density at radius 1 is 1.19 bits per heavy atom. The first-order valence-electron chi connectivity index (χ1n) is 6.12. The lowest BCUT2D eigenvalue weighted by Gasteiger charge is -2.06. The number of aryl methyl sites for hydroxylation is 2. The van der Waals surface area contributed by atoms with Crippen LogP contribution in [0.2, 0.25) is 0 Å². The Kier molecular flexibility index (Phi) is 3.99. The lowest BCUT2D eigenvalue weighted by Crippen LogP contribution is -2.13. The fourth-order valence-corrected chi connectivity index (χ4v) is 2.54. The van der Waals surface area contributed by atoms with Crippen LogP contribution in [0.3, 0.4) is 0 Å². The number of carbonyl (C=O) groups is 1. The number of hydrogen-bond acceptors (Lipinski definition) is 5. The first-order valence-corrected chi connectivity index (χ1v) is 7.61. The molecule has 8 heteroatoms. The maximum Gasteiger partial charge on any atom is 0.309 e. The van der Waals surface area contributed by atoms with Crippen molar-refractivity contribution in [3.8, 4) is 0 Å². The minimum Gasteiger partial charge on any atom is -0.428 e. The number of nitrogens with one attached hydrogen (secondary N) is 2. The Hall–Kier alpha value is -2.35. The van der Waals surface area contributed by atoms with E-state index in [-0.39, 0.29) is 16.8 Å². The van der Waals surface area contributed by atoms with Crippen LogP contribution in [0.5, 0.6) is 0 Å². The predicted molar refractivity (Wildman–Crippen MR) is 77.5 cm³/mol. The SMILES string of the molecule is CC(=O)Nc1ccc(S(=O)(=O)Nc2nc(C)c(C)o2)cc1. The first kappa shape index (κ1) is 15.0. The number of carbonyl (C=O) groups excluding carboxylic acids is 1. The first-order chi connectivity index (χ1) is 9.78. The number of amides is 1. The molecule has 1 aromatic carbocycles. The standard InChI is InChI=1S/C13H15N3O4S/c1-8-9(2)20-13(14-8)16-21(18,19)12-6-4-11(5-7-12)15-10(3)17/h4-7H,1-3H3,(H,14,16)(H,15,17). The smallest absolute Gasteiger partial charge is 0.309 e. The molecule has 0 saturated heterocycles. The molecular formula is C13H15N3O4S. The Labute approximate surface area is 122 Å². The van der Waals surface area contributed by atoms with Crippen LogP contribution in [-0.4, -0.2) is 19.3 Å². The fraction of sp³-hybridized carbons (Fsp3) is 0.231. The van der Waals surface area contributed by atoms with Gasteiger partial charge in [0.05, 0.1) is 10.6 Å². The molecule has 2 N–H and O–H groups in total. The van der Waals surface area contributed by atoms with Crippen LogP contribution in [0, 0.1) is 13.8 Å². The molecule has 0 fully saturated rings. The highest BCUT2D eigenvalue weighted by molar-refractivity contribution is 7.92. The molecule has 1 aromatic heterocycles. The van der Waals surface area contributed by atoms with E-state index in [1.165, 1.54) is 31.2 Å². The highest BCUT2D eigenvalue weighted by Crippen LogP contribution is 2.19. The lowest BCUT2D eigenvalue weighted by atomic mass is 10.3. The normalized spacial score (nSPS) is 11.2. The molecule has 2 rings (SSSR count). The van der Waals surface area contributed by atoms with E-state index >= 15 is 0 Å². The van der Waals surface area contributed by atoms with Crippen molar-refractivity contribution in [2.24, 2.45) is 0 Å². The average molecular weight is 309 g/mol. The van der Waals surface area contributed by atoms with Gasteiger partial charge in [0.15, 0.2) is 0 Å². The average Bonchev–Trinajstić information content (AvgIpc) is 2.67. The summed E-state index contributed by atoms with van der Waals surface area (Å²) >= 11 is 0. The van der Waals surface area contributed by atoms with E-state index < -0.39 is 10.0 Å². The van der Waals surface area contributed by atoms with Crippen molar-refractivity contribution >= 4 is 27.6 Å². The summed E-state index contributed by atoms with van der Waals surface area (Å²) in [6, 6.07) is 5.70. The minimum absolute atomic E-state index is 0.0464. The number of rotatable bonds is 4. The van der Waals surface area contributed by atoms with Gasteiger partial charge in [-0.25, -0.2) is 13.1 Å². The van der Waals surface area contributed by atoms with Crippen molar-refractivity contribution in [3.63, 3.8) is 0 Å². The van der Waals surface area contributed by atoms with Crippen molar-refractivity contribution in [2.45, 2.75) is 25.7 Å². The van der Waals surface area contributed by atoms with Crippen LogP contribution in [0.4, 0.5) is 11.7 Å². The van der Waals surface area contributed by atoms with E-state index in [9.17, 15) is 13.2 Å². The van der Waals surface area contributed by atoms with E-state index in [1.807, 2.05) is 0 Å². The molecule has 0 aliphatic carbocycles. The van der Waals surface area contributed by atoms with Crippen molar-refractivity contribution in [1.29, 1.82) is 0 Å². The summed E-state index contributed by atoms with van der Waals surface area (Å²) in [7, 11) is -3.78. The Morgan fingerprint density at radius 3 is 2.29 bits per heavy atom. The number of hydrogen-bond donors (Lipinski definition) is 2. The van der Waals surface area contributed by atoms with Gasteiger partial charge in [0.25, 0.3) is 10.0 Å². The van der Waals surface area contributed by atoms with E-state index in [0.29, 0.717) is 17.1 Å². The second-order valence-corrected chi connectivity index (χ2v) is 6.15. The molecule has 0 aliphatic rings. The van der Waals surface area contributed by atoms with Gasteiger partial charge in [0.2, 0.25) is 5.91 Å². The summed E-state index contributed by atoms with van der Waals surface area (Å²) in [5.41, 5.74) is 1.14. The van der Waals surface area contributed by atoms with Crippen molar-refractivity contribution in [2.75, 3.05) is 10.0 Å². The molecule has 1 heterocycles. The molecule has 0 bridgehead atoms. The van der Waals surface area contributed by atoms with Crippen LogP contribution >= 0.6 is 0 Å². The number of oxazole rings is 1. The highest BCUT2D eigenvalue weighted by Gasteiger charge is 2.17. The van der Waals surface area contributed by atoms with Crippen molar-refractivity contribution in [3.05, 3.63) is 35.7 Å². The number of anilines is 2. The Balaban J connectivity index is 2.21. The predicted octanol–water partition coefficient (Wildman–Crippen LogP) is 2.05. The van der Waals surface area contributed by atoms with Crippen molar-refractivity contribution < 1.29 is 17.6 Å². The number of aromatic nitrogens is 1. The second-order valence-electron chi connectivity index (χ2n) is 4.47. The summed E-state index contributed by atoms with van der Waals surface area (Å²) < 4.78 is 31.8. The molecule has 0 saturated carbocycles. The second kappa shape index (κ2) is 5.57. The highest BCUT2D eigenvalue weighted by atomic mass is 32.2.